The fraction of sp³-hybridized carbons (Fsp3) is 0.533. The number of hydrogen-bond acceptors (Lipinski definition) is 4. The van der Waals surface area contributed by atoms with Gasteiger partial charge in [-0.1, -0.05) is 12.1 Å². The van der Waals surface area contributed by atoms with Crippen molar-refractivity contribution in [3.05, 3.63) is 29.8 Å². The molecule has 4 heteroatoms. The van der Waals surface area contributed by atoms with Crippen molar-refractivity contribution in [1.82, 2.24) is 0 Å². The van der Waals surface area contributed by atoms with Crippen LogP contribution in [0.25, 0.3) is 0 Å². The maximum Gasteiger partial charge on any atom is 0.137 e. The van der Waals surface area contributed by atoms with E-state index < -0.39 is 0 Å². The van der Waals surface area contributed by atoms with E-state index in [2.05, 4.69) is 6.07 Å². The Morgan fingerprint density at radius 3 is 2.58 bits per heavy atom. The standard InChI is InChI=1S/C15H21NO3/c1-15(2,17-3)8-9-18-10-11-19-14-7-5-4-6-13(14)12-16/h4-7H,8-11H2,1-3H3. The highest BCUT2D eigenvalue weighted by molar-refractivity contribution is 5.42. The lowest BCUT2D eigenvalue weighted by Gasteiger charge is -2.22. The number of para-hydroxylation sites is 1. The molecule has 0 radical (unpaired) electrons. The Morgan fingerprint density at radius 2 is 1.89 bits per heavy atom. The number of nitrogens with zero attached hydrogens (tertiary/aromatic N) is 1. The third-order valence-electron chi connectivity index (χ3n) is 2.89. The topological polar surface area (TPSA) is 51.5 Å². The minimum atomic E-state index is -0.158. The van der Waals surface area contributed by atoms with E-state index in [-0.39, 0.29) is 5.60 Å². The molecule has 1 aromatic carbocycles. The lowest BCUT2D eigenvalue weighted by molar-refractivity contribution is -0.0128. The maximum atomic E-state index is 8.90. The summed E-state index contributed by atoms with van der Waals surface area (Å²) in [6.07, 6.45) is 0.832. The molecule has 104 valence electrons. The molecule has 0 aliphatic carbocycles. The fourth-order valence-corrected chi connectivity index (χ4v) is 1.42. The van der Waals surface area contributed by atoms with Crippen molar-refractivity contribution >= 4 is 0 Å². The van der Waals surface area contributed by atoms with E-state index in [0.717, 1.165) is 6.42 Å². The maximum absolute atomic E-state index is 8.90. The molecule has 0 aliphatic rings. The monoisotopic (exact) mass is 263 g/mol. The lowest BCUT2D eigenvalue weighted by Crippen LogP contribution is -2.24. The largest absolute Gasteiger partial charge is 0.490 e. The molecule has 0 saturated carbocycles. The van der Waals surface area contributed by atoms with Gasteiger partial charge >= 0.3 is 0 Å². The summed E-state index contributed by atoms with van der Waals surface area (Å²) in [6.45, 7) is 5.61. The van der Waals surface area contributed by atoms with E-state index in [0.29, 0.717) is 31.1 Å². The van der Waals surface area contributed by atoms with E-state index in [4.69, 9.17) is 19.5 Å². The molecular weight excluding hydrogens is 242 g/mol. The van der Waals surface area contributed by atoms with E-state index in [1.54, 1.807) is 19.2 Å². The molecule has 0 atom stereocenters. The first-order valence-electron chi connectivity index (χ1n) is 6.34. The molecule has 0 aliphatic heterocycles. The molecule has 0 amide bonds. The zero-order valence-corrected chi connectivity index (χ0v) is 11.8. The Hall–Kier alpha value is -1.57. The van der Waals surface area contributed by atoms with Crippen LogP contribution in [0.1, 0.15) is 25.8 Å². The zero-order chi connectivity index (χ0) is 14.1. The smallest absolute Gasteiger partial charge is 0.137 e. The summed E-state index contributed by atoms with van der Waals surface area (Å²) in [5.74, 6) is 0.603. The van der Waals surface area contributed by atoms with Crippen molar-refractivity contribution in [3.8, 4) is 11.8 Å². The van der Waals surface area contributed by atoms with Gasteiger partial charge in [0.05, 0.1) is 17.8 Å². The molecule has 0 N–H and O–H groups in total. The summed E-state index contributed by atoms with van der Waals surface area (Å²) in [5.41, 5.74) is 0.386. The SMILES string of the molecule is COC(C)(C)CCOCCOc1ccccc1C#N. The summed E-state index contributed by atoms with van der Waals surface area (Å²) in [5, 5.41) is 8.90. The van der Waals surface area contributed by atoms with Crippen LogP contribution in [0.5, 0.6) is 5.75 Å². The molecule has 0 bridgehead atoms. The van der Waals surface area contributed by atoms with Crippen LogP contribution in [0.2, 0.25) is 0 Å². The van der Waals surface area contributed by atoms with Crippen molar-refractivity contribution in [1.29, 1.82) is 5.26 Å². The van der Waals surface area contributed by atoms with Gasteiger partial charge < -0.3 is 14.2 Å². The van der Waals surface area contributed by atoms with E-state index in [1.807, 2.05) is 26.0 Å². The Kier molecular flexibility index (Phi) is 6.34. The summed E-state index contributed by atoms with van der Waals surface area (Å²) >= 11 is 0. The zero-order valence-electron chi connectivity index (χ0n) is 11.8. The second kappa shape index (κ2) is 7.78. The number of nitriles is 1. The summed E-state index contributed by atoms with van der Waals surface area (Å²) in [7, 11) is 1.70. The van der Waals surface area contributed by atoms with Gasteiger partial charge in [-0.3, -0.25) is 0 Å². The molecule has 1 rings (SSSR count). The number of methoxy groups -OCH3 is 1. The highest BCUT2D eigenvalue weighted by Crippen LogP contribution is 2.16. The van der Waals surface area contributed by atoms with Gasteiger partial charge in [-0.15, -0.1) is 0 Å². The van der Waals surface area contributed by atoms with Gasteiger partial charge in [-0.2, -0.15) is 5.26 Å². The highest BCUT2D eigenvalue weighted by atomic mass is 16.5. The van der Waals surface area contributed by atoms with E-state index >= 15 is 0 Å². The van der Waals surface area contributed by atoms with E-state index in [1.165, 1.54) is 0 Å². The van der Waals surface area contributed by atoms with Crippen molar-refractivity contribution in [3.63, 3.8) is 0 Å². The third-order valence-corrected chi connectivity index (χ3v) is 2.89. The van der Waals surface area contributed by atoms with Gasteiger partial charge in [-0.05, 0) is 32.4 Å². The molecule has 1 aromatic rings. The third kappa shape index (κ3) is 5.73. The van der Waals surface area contributed by atoms with Crippen LogP contribution in [0.3, 0.4) is 0 Å². The van der Waals surface area contributed by atoms with Crippen molar-refractivity contribution in [2.45, 2.75) is 25.9 Å². The Balaban J connectivity index is 2.20. The van der Waals surface area contributed by atoms with Crippen molar-refractivity contribution < 1.29 is 14.2 Å². The molecule has 0 heterocycles. The van der Waals surface area contributed by atoms with Crippen LogP contribution < -0.4 is 4.74 Å². The summed E-state index contributed by atoms with van der Waals surface area (Å²) in [4.78, 5) is 0. The Morgan fingerprint density at radius 1 is 1.16 bits per heavy atom. The molecule has 0 fully saturated rings. The van der Waals surface area contributed by atoms with Gasteiger partial charge in [0.2, 0.25) is 0 Å². The molecule has 4 nitrogen and oxygen atoms in total. The molecule has 19 heavy (non-hydrogen) atoms. The van der Waals surface area contributed by atoms with Crippen LogP contribution in [-0.2, 0) is 9.47 Å². The number of ether oxygens (including phenoxy) is 3. The van der Waals surface area contributed by atoms with E-state index in [9.17, 15) is 0 Å². The van der Waals surface area contributed by atoms with Crippen LogP contribution >= 0.6 is 0 Å². The van der Waals surface area contributed by atoms with Crippen LogP contribution in [0, 0.1) is 11.3 Å². The molecule has 0 saturated heterocycles. The lowest BCUT2D eigenvalue weighted by atomic mass is 10.1. The first-order chi connectivity index (χ1) is 9.09. The molecule has 0 spiro atoms. The molecule has 0 aromatic heterocycles. The van der Waals surface area contributed by atoms with Gasteiger partial charge in [0.15, 0.2) is 0 Å². The van der Waals surface area contributed by atoms with Crippen molar-refractivity contribution in [2.24, 2.45) is 0 Å². The van der Waals surface area contributed by atoms with Gasteiger partial charge in [0, 0.05) is 13.7 Å². The van der Waals surface area contributed by atoms with Gasteiger partial charge in [0.1, 0.15) is 18.4 Å². The molecular formula is C15H21NO3. The molecule has 0 unspecified atom stereocenters. The predicted octanol–water partition coefficient (Wildman–Crippen LogP) is 2.77. The normalized spacial score (nSPS) is 11.1. The van der Waals surface area contributed by atoms with Crippen LogP contribution in [0.15, 0.2) is 24.3 Å². The average molecular weight is 263 g/mol. The fourth-order valence-electron chi connectivity index (χ4n) is 1.42. The summed E-state index contributed by atoms with van der Waals surface area (Å²) < 4.78 is 16.3. The minimum Gasteiger partial charge on any atom is -0.490 e. The number of rotatable bonds is 8. The van der Waals surface area contributed by atoms with Gasteiger partial charge in [0.25, 0.3) is 0 Å². The Labute approximate surface area is 114 Å². The number of benzene rings is 1. The average Bonchev–Trinajstić information content (AvgIpc) is 2.43. The second-order valence-corrected chi connectivity index (χ2v) is 4.78. The quantitative estimate of drug-likeness (QED) is 0.677. The highest BCUT2D eigenvalue weighted by Gasteiger charge is 2.15. The minimum absolute atomic E-state index is 0.158. The second-order valence-electron chi connectivity index (χ2n) is 4.78. The predicted molar refractivity (Wildman–Crippen MR) is 73.2 cm³/mol. The van der Waals surface area contributed by atoms with Crippen LogP contribution in [0.4, 0.5) is 0 Å². The Bertz CT molecular complexity index is 424. The first-order valence-corrected chi connectivity index (χ1v) is 6.34. The summed E-state index contributed by atoms with van der Waals surface area (Å²) in [6, 6.07) is 9.27. The van der Waals surface area contributed by atoms with Crippen LogP contribution in [-0.4, -0.2) is 32.5 Å². The number of hydrogen-bond donors (Lipinski definition) is 0. The first kappa shape index (κ1) is 15.5. The van der Waals surface area contributed by atoms with Crippen molar-refractivity contribution in [2.75, 3.05) is 26.9 Å². The van der Waals surface area contributed by atoms with Gasteiger partial charge in [-0.25, -0.2) is 0 Å².